The maximum atomic E-state index is 9.41. The van der Waals surface area contributed by atoms with Gasteiger partial charge in [-0.15, -0.1) is 0 Å². The van der Waals surface area contributed by atoms with Crippen LogP contribution in [0, 0.1) is 0 Å². The summed E-state index contributed by atoms with van der Waals surface area (Å²) in [6, 6.07) is 0. The lowest BCUT2D eigenvalue weighted by Gasteiger charge is -2.32. The summed E-state index contributed by atoms with van der Waals surface area (Å²) in [6.45, 7) is 7.04. The average Bonchev–Trinajstić information content (AvgIpc) is 2.25. The lowest BCUT2D eigenvalue weighted by Crippen LogP contribution is -2.46. The van der Waals surface area contributed by atoms with Crippen molar-refractivity contribution in [1.29, 1.82) is 0 Å². The normalized spacial score (nSPS) is 15.2. The Hall–Kier alpha value is -0.0800. The smallest absolute Gasteiger partial charge is 0.180 e. The van der Waals surface area contributed by atoms with Gasteiger partial charge in [0.05, 0.1) is 20.1 Å². The van der Waals surface area contributed by atoms with Gasteiger partial charge >= 0.3 is 0 Å². The Morgan fingerprint density at radius 2 is 1.27 bits per heavy atom. The van der Waals surface area contributed by atoms with Gasteiger partial charge in [0, 0.05) is 0 Å². The zero-order chi connectivity index (χ0) is 11.6. The third-order valence-corrected chi connectivity index (χ3v) is 3.19. The van der Waals surface area contributed by atoms with Gasteiger partial charge < -0.3 is 9.59 Å². The van der Waals surface area contributed by atoms with Gasteiger partial charge in [-0.3, -0.25) is 0 Å². The van der Waals surface area contributed by atoms with Crippen LogP contribution in [0.15, 0.2) is 0 Å². The van der Waals surface area contributed by atoms with Gasteiger partial charge in [-0.1, -0.05) is 33.1 Å². The molecule has 0 aliphatic rings. The van der Waals surface area contributed by atoms with E-state index >= 15 is 0 Å². The fraction of sp³-hybridized carbons (Fsp3) is 1.00. The van der Waals surface area contributed by atoms with Gasteiger partial charge in [-0.05, 0) is 25.7 Å². The van der Waals surface area contributed by atoms with Crippen LogP contribution < -0.4 is 0 Å². The summed E-state index contributed by atoms with van der Waals surface area (Å²) in [5, 5.41) is 9.41. The first-order valence-electron chi connectivity index (χ1n) is 6.63. The second-order valence-electron chi connectivity index (χ2n) is 4.98. The molecule has 0 saturated heterocycles. The molecule has 0 radical (unpaired) electrons. The van der Waals surface area contributed by atoms with Crippen LogP contribution in [0.2, 0.25) is 0 Å². The van der Waals surface area contributed by atoms with E-state index in [1.54, 1.807) is 0 Å². The Kier molecular flexibility index (Phi) is 9.12. The fourth-order valence-corrected chi connectivity index (χ4v) is 1.92. The quantitative estimate of drug-likeness (QED) is 0.338. The highest BCUT2D eigenvalue weighted by molar-refractivity contribution is 4.43. The molecule has 2 heteroatoms. The van der Waals surface area contributed by atoms with Crippen molar-refractivity contribution in [2.45, 2.75) is 58.8 Å². The average molecular weight is 216 g/mol. The minimum Gasteiger partial charge on any atom is -0.347 e. The predicted octanol–water partition coefficient (Wildman–Crippen LogP) is 3.15. The van der Waals surface area contributed by atoms with E-state index in [1.807, 2.05) is 0 Å². The number of aliphatic hydroxyl groups excluding tert-OH is 1. The number of hydrogen-bond donors (Lipinski definition) is 1. The van der Waals surface area contributed by atoms with Crippen LogP contribution in [0.4, 0.5) is 0 Å². The van der Waals surface area contributed by atoms with Crippen LogP contribution >= 0.6 is 0 Å². The summed E-state index contributed by atoms with van der Waals surface area (Å²) in [6.07, 6.45) is 9.01. The highest BCUT2D eigenvalue weighted by Crippen LogP contribution is 2.10. The van der Waals surface area contributed by atoms with Gasteiger partial charge in [0.15, 0.2) is 6.73 Å². The lowest BCUT2D eigenvalue weighted by atomic mass is 10.1. The molecule has 0 amide bonds. The molecule has 0 heterocycles. The highest BCUT2D eigenvalue weighted by atomic mass is 16.3. The van der Waals surface area contributed by atoms with Crippen molar-refractivity contribution in [3.05, 3.63) is 0 Å². The Balaban J connectivity index is 3.65. The van der Waals surface area contributed by atoms with Crippen LogP contribution in [0.1, 0.15) is 58.8 Å². The summed E-state index contributed by atoms with van der Waals surface area (Å²) in [4.78, 5) is 0. The van der Waals surface area contributed by atoms with Crippen molar-refractivity contribution in [2.75, 3.05) is 26.9 Å². The molecule has 92 valence electrons. The van der Waals surface area contributed by atoms with Gasteiger partial charge in [0.25, 0.3) is 0 Å². The summed E-state index contributed by atoms with van der Waals surface area (Å²) < 4.78 is 0.851. The number of unbranched alkanes of at least 4 members (excludes halogenated alkanes) is 5. The molecule has 0 aromatic heterocycles. The van der Waals surface area contributed by atoms with E-state index in [0.717, 1.165) is 17.6 Å². The van der Waals surface area contributed by atoms with Crippen LogP contribution in [0.5, 0.6) is 0 Å². The predicted molar refractivity (Wildman–Crippen MR) is 66.7 cm³/mol. The second-order valence-corrected chi connectivity index (χ2v) is 4.98. The Bertz CT molecular complexity index is 138. The maximum Gasteiger partial charge on any atom is 0.180 e. The molecular formula is C13H30NO+. The summed E-state index contributed by atoms with van der Waals surface area (Å²) in [7, 11) is 2.18. The summed E-state index contributed by atoms with van der Waals surface area (Å²) in [5.74, 6) is 0. The van der Waals surface area contributed by atoms with Gasteiger partial charge in [-0.25, -0.2) is 0 Å². The molecule has 0 aromatic rings. The van der Waals surface area contributed by atoms with Crippen molar-refractivity contribution in [2.24, 2.45) is 0 Å². The lowest BCUT2D eigenvalue weighted by molar-refractivity contribution is -0.927. The molecule has 1 N–H and O–H groups in total. The number of hydrogen-bond acceptors (Lipinski definition) is 1. The summed E-state index contributed by atoms with van der Waals surface area (Å²) >= 11 is 0. The van der Waals surface area contributed by atoms with E-state index in [9.17, 15) is 5.11 Å². The Morgan fingerprint density at radius 3 is 1.73 bits per heavy atom. The van der Waals surface area contributed by atoms with Crippen molar-refractivity contribution >= 4 is 0 Å². The van der Waals surface area contributed by atoms with Crippen LogP contribution in [0.3, 0.4) is 0 Å². The summed E-state index contributed by atoms with van der Waals surface area (Å²) in [5.41, 5.74) is 0. The number of rotatable bonds is 10. The monoisotopic (exact) mass is 216 g/mol. The van der Waals surface area contributed by atoms with E-state index in [-0.39, 0.29) is 0 Å². The highest BCUT2D eigenvalue weighted by Gasteiger charge is 2.18. The van der Waals surface area contributed by atoms with Crippen molar-refractivity contribution < 1.29 is 9.59 Å². The second kappa shape index (κ2) is 9.17. The first-order chi connectivity index (χ1) is 7.18. The van der Waals surface area contributed by atoms with E-state index in [2.05, 4.69) is 20.9 Å². The molecule has 1 unspecified atom stereocenters. The molecule has 0 saturated carbocycles. The molecule has 0 bridgehead atoms. The van der Waals surface area contributed by atoms with Crippen molar-refractivity contribution in [3.63, 3.8) is 0 Å². The van der Waals surface area contributed by atoms with Crippen molar-refractivity contribution in [3.8, 4) is 0 Å². The molecule has 0 aliphatic heterocycles. The number of quaternary nitrogens is 1. The number of aliphatic hydroxyl groups is 1. The van der Waals surface area contributed by atoms with Crippen molar-refractivity contribution in [1.82, 2.24) is 0 Å². The van der Waals surface area contributed by atoms with E-state index in [4.69, 9.17) is 0 Å². The third-order valence-electron chi connectivity index (χ3n) is 3.19. The van der Waals surface area contributed by atoms with E-state index < -0.39 is 0 Å². The molecule has 0 fully saturated rings. The fourth-order valence-electron chi connectivity index (χ4n) is 1.92. The SMILES string of the molecule is CCCCCC[N+](C)(CO)CCCCC. The molecule has 2 nitrogen and oxygen atoms in total. The zero-order valence-electron chi connectivity index (χ0n) is 11.0. The van der Waals surface area contributed by atoms with E-state index in [0.29, 0.717) is 6.73 Å². The minimum atomic E-state index is 0.301. The molecule has 0 aliphatic carbocycles. The topological polar surface area (TPSA) is 20.2 Å². The molecular weight excluding hydrogens is 186 g/mol. The first-order valence-corrected chi connectivity index (χ1v) is 6.63. The third kappa shape index (κ3) is 7.80. The largest absolute Gasteiger partial charge is 0.347 e. The maximum absolute atomic E-state index is 9.41. The minimum absolute atomic E-state index is 0.301. The van der Waals surface area contributed by atoms with E-state index in [1.165, 1.54) is 44.9 Å². The Morgan fingerprint density at radius 1 is 0.800 bits per heavy atom. The molecule has 1 atom stereocenters. The molecule has 0 rings (SSSR count). The van der Waals surface area contributed by atoms with Gasteiger partial charge in [-0.2, -0.15) is 0 Å². The van der Waals surface area contributed by atoms with Crippen LogP contribution in [-0.4, -0.2) is 36.5 Å². The first kappa shape index (κ1) is 14.9. The van der Waals surface area contributed by atoms with Gasteiger partial charge in [0.1, 0.15) is 0 Å². The molecule has 15 heavy (non-hydrogen) atoms. The molecule has 0 aromatic carbocycles. The zero-order valence-corrected chi connectivity index (χ0v) is 11.0. The molecule has 0 spiro atoms. The number of nitrogens with zero attached hydrogens (tertiary/aromatic N) is 1. The standard InChI is InChI=1S/C13H30NO/c1-4-6-8-10-12-14(3,13-15)11-9-7-5-2/h15H,4-13H2,1-3H3/q+1. The Labute approximate surface area is 95.9 Å². The van der Waals surface area contributed by atoms with Crippen LogP contribution in [0.25, 0.3) is 0 Å². The van der Waals surface area contributed by atoms with Gasteiger partial charge in [0.2, 0.25) is 0 Å². The van der Waals surface area contributed by atoms with Crippen LogP contribution in [-0.2, 0) is 0 Å².